The summed E-state index contributed by atoms with van der Waals surface area (Å²) in [4.78, 5) is 14.4. The van der Waals surface area contributed by atoms with Gasteiger partial charge in [-0.1, -0.05) is 36.4 Å². The van der Waals surface area contributed by atoms with Crippen LogP contribution in [0.3, 0.4) is 0 Å². The number of carbonyl (C=O) groups is 1. The Kier molecular flexibility index (Phi) is 6.08. The standard InChI is InChI=1S/C22H21F3N2O2/c1-27(2)14-16-8-6-15(7-9-16)13-26-21(28)20-11-10-19(29-20)17-4-3-5-18(12-17)22(23,24)25/h3-12H,13-14H2,1-2H3,(H,26,28). The summed E-state index contributed by atoms with van der Waals surface area (Å²) < 4.78 is 44.1. The van der Waals surface area contributed by atoms with Gasteiger partial charge in [-0.3, -0.25) is 4.79 Å². The van der Waals surface area contributed by atoms with Gasteiger partial charge in [0.15, 0.2) is 5.76 Å². The first-order valence-electron chi connectivity index (χ1n) is 9.00. The molecule has 2 aromatic carbocycles. The van der Waals surface area contributed by atoms with Crippen LogP contribution in [0, 0.1) is 0 Å². The lowest BCUT2D eigenvalue weighted by molar-refractivity contribution is -0.137. The number of furan rings is 1. The zero-order valence-corrected chi connectivity index (χ0v) is 16.1. The molecule has 1 N–H and O–H groups in total. The van der Waals surface area contributed by atoms with E-state index in [1.807, 2.05) is 38.4 Å². The van der Waals surface area contributed by atoms with Gasteiger partial charge in [0.1, 0.15) is 5.76 Å². The molecule has 0 aliphatic rings. The number of nitrogens with zero attached hydrogens (tertiary/aromatic N) is 1. The Bertz CT molecular complexity index is 976. The zero-order chi connectivity index (χ0) is 21.0. The molecular weight excluding hydrogens is 381 g/mol. The second kappa shape index (κ2) is 8.53. The van der Waals surface area contributed by atoms with Gasteiger partial charge in [0.05, 0.1) is 5.56 Å². The van der Waals surface area contributed by atoms with Crippen LogP contribution in [-0.4, -0.2) is 24.9 Å². The van der Waals surface area contributed by atoms with Crippen LogP contribution < -0.4 is 5.32 Å². The van der Waals surface area contributed by atoms with Gasteiger partial charge in [0, 0.05) is 18.7 Å². The van der Waals surface area contributed by atoms with E-state index in [0.29, 0.717) is 6.54 Å². The smallest absolute Gasteiger partial charge is 0.416 e. The quantitative estimate of drug-likeness (QED) is 0.634. The molecule has 1 heterocycles. The predicted molar refractivity (Wildman–Crippen MR) is 104 cm³/mol. The van der Waals surface area contributed by atoms with E-state index >= 15 is 0 Å². The van der Waals surface area contributed by atoms with Gasteiger partial charge < -0.3 is 14.6 Å². The predicted octanol–water partition coefficient (Wildman–Crippen LogP) is 4.96. The van der Waals surface area contributed by atoms with Gasteiger partial charge in [-0.25, -0.2) is 0 Å². The van der Waals surface area contributed by atoms with Crippen molar-refractivity contribution in [3.05, 3.63) is 83.1 Å². The molecule has 0 aliphatic carbocycles. The Morgan fingerprint density at radius 3 is 2.34 bits per heavy atom. The fraction of sp³-hybridized carbons (Fsp3) is 0.227. The van der Waals surface area contributed by atoms with Crippen molar-refractivity contribution in [2.24, 2.45) is 0 Å². The average Bonchev–Trinajstić information content (AvgIpc) is 3.16. The monoisotopic (exact) mass is 402 g/mol. The molecular formula is C22H21F3N2O2. The van der Waals surface area contributed by atoms with Crippen LogP contribution in [0.4, 0.5) is 13.2 Å². The summed E-state index contributed by atoms with van der Waals surface area (Å²) in [6.45, 7) is 1.15. The first-order valence-corrected chi connectivity index (χ1v) is 9.00. The maximum atomic E-state index is 12.9. The highest BCUT2D eigenvalue weighted by Crippen LogP contribution is 2.32. The van der Waals surface area contributed by atoms with Crippen molar-refractivity contribution in [3.8, 4) is 11.3 Å². The van der Waals surface area contributed by atoms with Crippen LogP contribution in [0.1, 0.15) is 27.2 Å². The van der Waals surface area contributed by atoms with Crippen molar-refractivity contribution in [3.63, 3.8) is 0 Å². The largest absolute Gasteiger partial charge is 0.451 e. The number of benzene rings is 2. The van der Waals surface area contributed by atoms with Crippen molar-refractivity contribution < 1.29 is 22.4 Å². The first-order chi connectivity index (χ1) is 13.7. The number of rotatable bonds is 6. The van der Waals surface area contributed by atoms with Crippen molar-refractivity contribution in [1.82, 2.24) is 10.2 Å². The molecule has 0 bridgehead atoms. The second-order valence-electron chi connectivity index (χ2n) is 6.98. The lowest BCUT2D eigenvalue weighted by Gasteiger charge is -2.10. The molecule has 29 heavy (non-hydrogen) atoms. The first kappa shape index (κ1) is 20.7. The molecule has 1 amide bonds. The summed E-state index contributed by atoms with van der Waals surface area (Å²) in [5.74, 6) is -0.184. The highest BCUT2D eigenvalue weighted by atomic mass is 19.4. The molecule has 0 radical (unpaired) electrons. The van der Waals surface area contributed by atoms with E-state index in [-0.39, 0.29) is 17.1 Å². The van der Waals surface area contributed by atoms with Gasteiger partial charge in [0.2, 0.25) is 0 Å². The van der Waals surface area contributed by atoms with Crippen LogP contribution in [0.5, 0.6) is 0 Å². The summed E-state index contributed by atoms with van der Waals surface area (Å²) in [6.07, 6.45) is -4.44. The molecule has 0 atom stereocenters. The minimum absolute atomic E-state index is 0.0432. The van der Waals surface area contributed by atoms with Crippen molar-refractivity contribution >= 4 is 5.91 Å². The third-order valence-corrected chi connectivity index (χ3v) is 4.28. The maximum absolute atomic E-state index is 12.9. The number of nitrogens with one attached hydrogen (secondary N) is 1. The van der Waals surface area contributed by atoms with Crippen LogP contribution >= 0.6 is 0 Å². The number of halogens is 3. The fourth-order valence-corrected chi connectivity index (χ4v) is 2.86. The third-order valence-electron chi connectivity index (χ3n) is 4.28. The number of amides is 1. The van der Waals surface area contributed by atoms with E-state index in [4.69, 9.17) is 4.42 Å². The molecule has 152 valence electrons. The minimum Gasteiger partial charge on any atom is -0.451 e. The summed E-state index contributed by atoms with van der Waals surface area (Å²) in [7, 11) is 3.98. The SMILES string of the molecule is CN(C)Cc1ccc(CNC(=O)c2ccc(-c3cccc(C(F)(F)F)c3)o2)cc1. The van der Waals surface area contributed by atoms with Gasteiger partial charge >= 0.3 is 6.18 Å². The van der Waals surface area contributed by atoms with E-state index in [2.05, 4.69) is 10.2 Å². The molecule has 0 aliphatic heterocycles. The normalized spacial score (nSPS) is 11.7. The minimum atomic E-state index is -4.44. The van der Waals surface area contributed by atoms with E-state index in [1.54, 1.807) is 0 Å². The lowest BCUT2D eigenvalue weighted by Crippen LogP contribution is -2.22. The van der Waals surface area contributed by atoms with Crippen molar-refractivity contribution in [1.29, 1.82) is 0 Å². The molecule has 0 spiro atoms. The van der Waals surface area contributed by atoms with Gasteiger partial charge in [-0.15, -0.1) is 0 Å². The number of hydrogen-bond acceptors (Lipinski definition) is 3. The van der Waals surface area contributed by atoms with Crippen LogP contribution in [0.15, 0.2) is 65.1 Å². The Labute approximate surface area is 166 Å². The number of alkyl halides is 3. The number of carbonyl (C=O) groups excluding carboxylic acids is 1. The van der Waals surface area contributed by atoms with Crippen molar-refractivity contribution in [2.45, 2.75) is 19.3 Å². The molecule has 0 saturated heterocycles. The Hall–Kier alpha value is -3.06. The van der Waals surface area contributed by atoms with Gasteiger partial charge in [0.25, 0.3) is 5.91 Å². The Balaban J connectivity index is 1.64. The molecule has 1 aromatic heterocycles. The highest BCUT2D eigenvalue weighted by molar-refractivity contribution is 5.92. The molecule has 0 saturated carbocycles. The molecule has 0 fully saturated rings. The van der Waals surface area contributed by atoms with Crippen LogP contribution in [0.2, 0.25) is 0 Å². The summed E-state index contributed by atoms with van der Waals surface area (Å²) in [5, 5.41) is 2.75. The Morgan fingerprint density at radius 2 is 1.69 bits per heavy atom. The number of hydrogen-bond donors (Lipinski definition) is 1. The average molecular weight is 402 g/mol. The maximum Gasteiger partial charge on any atom is 0.416 e. The van der Waals surface area contributed by atoms with Crippen LogP contribution in [-0.2, 0) is 19.3 Å². The topological polar surface area (TPSA) is 45.5 Å². The summed E-state index contributed by atoms with van der Waals surface area (Å²) in [5.41, 5.74) is 1.60. The summed E-state index contributed by atoms with van der Waals surface area (Å²) in [6, 6.07) is 15.6. The van der Waals surface area contributed by atoms with E-state index in [0.717, 1.165) is 24.2 Å². The lowest BCUT2D eigenvalue weighted by atomic mass is 10.1. The van der Waals surface area contributed by atoms with Gasteiger partial charge in [-0.05, 0) is 49.5 Å². The second-order valence-corrected chi connectivity index (χ2v) is 6.98. The molecule has 3 rings (SSSR count). The Morgan fingerprint density at radius 1 is 1.00 bits per heavy atom. The van der Waals surface area contributed by atoms with E-state index < -0.39 is 17.6 Å². The van der Waals surface area contributed by atoms with Crippen LogP contribution in [0.25, 0.3) is 11.3 Å². The molecule has 7 heteroatoms. The molecule has 4 nitrogen and oxygen atoms in total. The fourth-order valence-electron chi connectivity index (χ4n) is 2.86. The van der Waals surface area contributed by atoms with E-state index in [9.17, 15) is 18.0 Å². The zero-order valence-electron chi connectivity index (χ0n) is 16.1. The van der Waals surface area contributed by atoms with E-state index in [1.165, 1.54) is 29.8 Å². The van der Waals surface area contributed by atoms with Crippen molar-refractivity contribution in [2.75, 3.05) is 14.1 Å². The summed E-state index contributed by atoms with van der Waals surface area (Å²) >= 11 is 0. The molecule has 0 unspecified atom stereocenters. The third kappa shape index (κ3) is 5.48. The van der Waals surface area contributed by atoms with Gasteiger partial charge in [-0.2, -0.15) is 13.2 Å². The molecule has 3 aromatic rings. The highest BCUT2D eigenvalue weighted by Gasteiger charge is 2.30.